The average molecular weight is 124 g/mol. The van der Waals surface area contributed by atoms with Crippen molar-refractivity contribution in [2.45, 2.75) is 0 Å². The van der Waals surface area contributed by atoms with Crippen molar-refractivity contribution in [1.82, 2.24) is 10.7 Å². The van der Waals surface area contributed by atoms with Gasteiger partial charge in [0.2, 0.25) is 0 Å². The molecule has 0 spiro atoms. The smallest absolute Gasteiger partial charge is 0.339 e. The standard InChI is InChI=1S/C5H6N3O/c6-5(9)8-4-2-1-3-7-4/h1-3,6-7H,(H,8,9). The van der Waals surface area contributed by atoms with Gasteiger partial charge in [-0.1, -0.05) is 0 Å². The highest BCUT2D eigenvalue weighted by molar-refractivity contribution is 5.85. The third-order valence-corrected chi connectivity index (χ3v) is 0.846. The molecule has 1 heterocycles. The number of H-pyrrole nitrogens is 1. The van der Waals surface area contributed by atoms with Crippen molar-refractivity contribution in [2.24, 2.45) is 0 Å². The van der Waals surface area contributed by atoms with Gasteiger partial charge in [0.05, 0.1) is 0 Å². The third kappa shape index (κ3) is 1.49. The van der Waals surface area contributed by atoms with Crippen LogP contribution in [0.3, 0.4) is 0 Å². The summed E-state index contributed by atoms with van der Waals surface area (Å²) in [5.74, 6) is 0.551. The van der Waals surface area contributed by atoms with E-state index in [0.29, 0.717) is 5.82 Å². The SMILES string of the molecule is [NH]C(=O)Nc1ccc[nH]1. The van der Waals surface area contributed by atoms with E-state index in [4.69, 9.17) is 5.73 Å². The molecule has 0 aliphatic rings. The van der Waals surface area contributed by atoms with E-state index in [1.165, 1.54) is 0 Å². The summed E-state index contributed by atoms with van der Waals surface area (Å²) in [4.78, 5) is 12.8. The first kappa shape index (κ1) is 5.68. The molecule has 1 radical (unpaired) electrons. The molecule has 0 saturated carbocycles. The molecule has 47 valence electrons. The zero-order valence-corrected chi connectivity index (χ0v) is 4.64. The normalized spacial score (nSPS) is 8.89. The lowest BCUT2D eigenvalue weighted by Crippen LogP contribution is -2.09. The Balaban J connectivity index is 2.58. The Labute approximate surface area is 52.1 Å². The molecule has 0 atom stereocenters. The van der Waals surface area contributed by atoms with Gasteiger partial charge in [-0.25, -0.2) is 10.5 Å². The zero-order valence-electron chi connectivity index (χ0n) is 4.64. The molecule has 9 heavy (non-hydrogen) atoms. The summed E-state index contributed by atoms with van der Waals surface area (Å²) in [6, 6.07) is 2.61. The quantitative estimate of drug-likeness (QED) is 0.572. The van der Waals surface area contributed by atoms with Crippen LogP contribution in [0.25, 0.3) is 0 Å². The van der Waals surface area contributed by atoms with Crippen LogP contribution in [-0.2, 0) is 0 Å². The van der Waals surface area contributed by atoms with Gasteiger partial charge >= 0.3 is 6.03 Å². The van der Waals surface area contributed by atoms with Gasteiger partial charge in [0.25, 0.3) is 0 Å². The number of carbonyl (C=O) groups excluding carboxylic acids is 1. The monoisotopic (exact) mass is 124 g/mol. The van der Waals surface area contributed by atoms with Gasteiger partial charge in [0.1, 0.15) is 5.82 Å². The maximum Gasteiger partial charge on any atom is 0.339 e. The zero-order chi connectivity index (χ0) is 6.69. The Hall–Kier alpha value is -1.45. The first-order valence-electron chi connectivity index (χ1n) is 2.45. The topological polar surface area (TPSA) is 68.7 Å². The van der Waals surface area contributed by atoms with Gasteiger partial charge in [-0.3, -0.25) is 5.32 Å². The summed E-state index contributed by atoms with van der Waals surface area (Å²) in [7, 11) is 0. The number of urea groups is 1. The molecule has 0 fully saturated rings. The Morgan fingerprint density at radius 1 is 1.78 bits per heavy atom. The van der Waals surface area contributed by atoms with Crippen molar-refractivity contribution < 1.29 is 4.79 Å². The molecule has 2 amide bonds. The summed E-state index contributed by atoms with van der Waals surface area (Å²) < 4.78 is 0. The molecular formula is C5H6N3O. The summed E-state index contributed by atoms with van der Waals surface area (Å²) in [6.45, 7) is 0. The summed E-state index contributed by atoms with van der Waals surface area (Å²) in [5, 5.41) is 2.26. The van der Waals surface area contributed by atoms with Crippen LogP contribution < -0.4 is 11.1 Å². The Bertz CT molecular complexity index is 192. The van der Waals surface area contributed by atoms with E-state index in [-0.39, 0.29) is 0 Å². The van der Waals surface area contributed by atoms with Crippen LogP contribution in [0, 0.1) is 0 Å². The van der Waals surface area contributed by atoms with E-state index in [1.54, 1.807) is 18.3 Å². The van der Waals surface area contributed by atoms with Gasteiger partial charge in [-0.05, 0) is 12.1 Å². The lowest BCUT2D eigenvalue weighted by Gasteiger charge is -1.92. The van der Waals surface area contributed by atoms with E-state index < -0.39 is 6.03 Å². The summed E-state index contributed by atoms with van der Waals surface area (Å²) in [5.41, 5.74) is 6.48. The predicted molar refractivity (Wildman–Crippen MR) is 32.9 cm³/mol. The number of amides is 2. The third-order valence-electron chi connectivity index (χ3n) is 0.846. The maximum absolute atomic E-state index is 10.0. The van der Waals surface area contributed by atoms with Crippen molar-refractivity contribution in [1.29, 1.82) is 0 Å². The van der Waals surface area contributed by atoms with Crippen LogP contribution in [-0.4, -0.2) is 11.0 Å². The molecule has 0 bridgehead atoms. The van der Waals surface area contributed by atoms with Crippen LogP contribution in [0.4, 0.5) is 10.6 Å². The van der Waals surface area contributed by atoms with E-state index in [1.807, 2.05) is 0 Å². The van der Waals surface area contributed by atoms with E-state index >= 15 is 0 Å². The lowest BCUT2D eigenvalue weighted by atomic mass is 10.6. The highest BCUT2D eigenvalue weighted by Gasteiger charge is 1.92. The predicted octanol–water partition coefficient (Wildman–Crippen LogP) is 0.829. The van der Waals surface area contributed by atoms with Crippen LogP contribution in [0.2, 0.25) is 0 Å². The van der Waals surface area contributed by atoms with Gasteiger partial charge < -0.3 is 4.98 Å². The Morgan fingerprint density at radius 2 is 2.56 bits per heavy atom. The highest BCUT2D eigenvalue weighted by Crippen LogP contribution is 1.98. The lowest BCUT2D eigenvalue weighted by molar-refractivity contribution is 0.258. The van der Waals surface area contributed by atoms with Crippen molar-refractivity contribution in [3.05, 3.63) is 18.3 Å². The molecule has 0 aliphatic carbocycles. The number of hydrogen-bond donors (Lipinski definition) is 2. The second kappa shape index (κ2) is 2.21. The molecule has 1 aromatic rings. The number of aromatic nitrogens is 1. The molecule has 4 nitrogen and oxygen atoms in total. The minimum absolute atomic E-state index is 0.551. The van der Waals surface area contributed by atoms with E-state index in [2.05, 4.69) is 10.3 Å². The number of carbonyl (C=O) groups is 1. The minimum atomic E-state index is -0.808. The van der Waals surface area contributed by atoms with Crippen molar-refractivity contribution in [3.8, 4) is 0 Å². The fourth-order valence-corrected chi connectivity index (χ4v) is 0.530. The molecule has 4 heteroatoms. The molecular weight excluding hydrogens is 118 g/mol. The van der Waals surface area contributed by atoms with Crippen molar-refractivity contribution in [2.75, 3.05) is 5.32 Å². The Morgan fingerprint density at radius 3 is 3.00 bits per heavy atom. The van der Waals surface area contributed by atoms with E-state index in [9.17, 15) is 4.79 Å². The van der Waals surface area contributed by atoms with Crippen molar-refractivity contribution >= 4 is 11.8 Å². The second-order valence-corrected chi connectivity index (χ2v) is 1.54. The number of hydrogen-bond acceptors (Lipinski definition) is 1. The molecule has 0 aliphatic heterocycles. The second-order valence-electron chi connectivity index (χ2n) is 1.54. The number of nitrogens with one attached hydrogen (secondary N) is 3. The Kier molecular flexibility index (Phi) is 1.40. The molecule has 1 aromatic heterocycles. The van der Waals surface area contributed by atoms with E-state index in [0.717, 1.165) is 0 Å². The summed E-state index contributed by atoms with van der Waals surface area (Å²) >= 11 is 0. The minimum Gasteiger partial charge on any atom is -0.348 e. The van der Waals surface area contributed by atoms with Crippen LogP contribution in [0.5, 0.6) is 0 Å². The first-order chi connectivity index (χ1) is 4.29. The van der Waals surface area contributed by atoms with Crippen molar-refractivity contribution in [3.63, 3.8) is 0 Å². The highest BCUT2D eigenvalue weighted by atomic mass is 16.2. The van der Waals surface area contributed by atoms with Crippen LogP contribution >= 0.6 is 0 Å². The largest absolute Gasteiger partial charge is 0.348 e. The van der Waals surface area contributed by atoms with Crippen LogP contribution in [0.1, 0.15) is 0 Å². The van der Waals surface area contributed by atoms with Gasteiger partial charge in [0.15, 0.2) is 0 Å². The summed E-state index contributed by atoms with van der Waals surface area (Å²) in [6.07, 6.45) is 1.67. The van der Waals surface area contributed by atoms with Crippen LogP contribution in [0.15, 0.2) is 18.3 Å². The number of rotatable bonds is 1. The van der Waals surface area contributed by atoms with Gasteiger partial charge in [-0.2, -0.15) is 0 Å². The molecule has 3 N–H and O–H groups in total. The van der Waals surface area contributed by atoms with Gasteiger partial charge in [-0.15, -0.1) is 0 Å². The van der Waals surface area contributed by atoms with Gasteiger partial charge in [0, 0.05) is 6.20 Å². The number of aromatic amines is 1. The molecule has 0 saturated heterocycles. The first-order valence-corrected chi connectivity index (χ1v) is 2.45. The molecule has 0 aromatic carbocycles. The molecule has 1 rings (SSSR count). The fraction of sp³-hybridized carbons (Fsp3) is 0. The maximum atomic E-state index is 10.0. The fourth-order valence-electron chi connectivity index (χ4n) is 0.530. The number of anilines is 1. The molecule has 0 unspecified atom stereocenters. The average Bonchev–Trinajstić information content (AvgIpc) is 2.15.